The molecule has 0 aliphatic heterocycles. The third kappa shape index (κ3) is 0.775. The molecule has 0 aromatic rings. The van der Waals surface area contributed by atoms with Crippen LogP contribution in [0.2, 0.25) is 0 Å². The SMILES string of the molecule is C#C[C@@H]1C[C@]1(N)C(=O)OC. The van der Waals surface area contributed by atoms with Gasteiger partial charge in [0, 0.05) is 0 Å². The number of methoxy groups -OCH3 is 1. The van der Waals surface area contributed by atoms with Crippen LogP contribution in [0.3, 0.4) is 0 Å². The highest BCUT2D eigenvalue weighted by Gasteiger charge is 2.57. The number of rotatable bonds is 1. The highest BCUT2D eigenvalue weighted by Crippen LogP contribution is 2.40. The Balaban J connectivity index is 2.60. The minimum Gasteiger partial charge on any atom is -0.468 e. The average molecular weight is 139 g/mol. The van der Waals surface area contributed by atoms with Crippen molar-refractivity contribution < 1.29 is 9.53 Å². The Labute approximate surface area is 59.5 Å². The zero-order valence-corrected chi connectivity index (χ0v) is 5.76. The van der Waals surface area contributed by atoms with Gasteiger partial charge in [0.15, 0.2) is 0 Å². The summed E-state index contributed by atoms with van der Waals surface area (Å²) in [4.78, 5) is 10.8. The first-order valence-corrected chi connectivity index (χ1v) is 2.98. The summed E-state index contributed by atoms with van der Waals surface area (Å²) in [6, 6.07) is 0. The first kappa shape index (κ1) is 7.10. The molecule has 0 unspecified atom stereocenters. The van der Waals surface area contributed by atoms with Crippen LogP contribution in [-0.2, 0) is 9.53 Å². The van der Waals surface area contributed by atoms with Gasteiger partial charge in [0.1, 0.15) is 5.54 Å². The van der Waals surface area contributed by atoms with Gasteiger partial charge in [0.2, 0.25) is 0 Å². The predicted octanol–water partition coefficient (Wildman–Crippen LogP) is -0.490. The summed E-state index contributed by atoms with van der Waals surface area (Å²) in [5.41, 5.74) is 4.67. The fourth-order valence-corrected chi connectivity index (χ4v) is 0.902. The molecule has 0 radical (unpaired) electrons. The van der Waals surface area contributed by atoms with Gasteiger partial charge in [-0.25, -0.2) is 0 Å². The third-order valence-electron chi connectivity index (χ3n) is 1.77. The van der Waals surface area contributed by atoms with Gasteiger partial charge in [0.25, 0.3) is 0 Å². The number of carbonyl (C=O) groups excluding carboxylic acids is 1. The molecular formula is C7H9NO2. The highest BCUT2D eigenvalue weighted by atomic mass is 16.5. The lowest BCUT2D eigenvalue weighted by Gasteiger charge is -2.04. The van der Waals surface area contributed by atoms with E-state index in [1.807, 2.05) is 0 Å². The monoisotopic (exact) mass is 139 g/mol. The van der Waals surface area contributed by atoms with E-state index < -0.39 is 11.5 Å². The quantitative estimate of drug-likeness (QED) is 0.394. The van der Waals surface area contributed by atoms with Gasteiger partial charge in [-0.3, -0.25) is 4.79 Å². The number of ether oxygens (including phenoxy) is 1. The Morgan fingerprint density at radius 1 is 2.00 bits per heavy atom. The molecule has 3 heteroatoms. The van der Waals surface area contributed by atoms with Crippen molar-refractivity contribution in [2.75, 3.05) is 7.11 Å². The molecule has 0 spiro atoms. The van der Waals surface area contributed by atoms with Gasteiger partial charge in [-0.05, 0) is 6.42 Å². The number of nitrogens with two attached hydrogens (primary N) is 1. The number of carbonyl (C=O) groups is 1. The van der Waals surface area contributed by atoms with E-state index in [4.69, 9.17) is 12.2 Å². The Morgan fingerprint density at radius 3 is 2.90 bits per heavy atom. The van der Waals surface area contributed by atoms with E-state index in [1.165, 1.54) is 7.11 Å². The average Bonchev–Trinajstić information content (AvgIpc) is 2.61. The van der Waals surface area contributed by atoms with Crippen molar-refractivity contribution in [1.82, 2.24) is 0 Å². The molecule has 2 N–H and O–H groups in total. The molecule has 0 heterocycles. The van der Waals surface area contributed by atoms with Gasteiger partial charge < -0.3 is 10.5 Å². The summed E-state index contributed by atoms with van der Waals surface area (Å²) in [7, 11) is 1.31. The van der Waals surface area contributed by atoms with Crippen LogP contribution >= 0.6 is 0 Å². The molecule has 1 aliphatic rings. The molecule has 0 aromatic heterocycles. The molecule has 1 aliphatic carbocycles. The zero-order valence-electron chi connectivity index (χ0n) is 5.76. The maximum absolute atomic E-state index is 10.8. The number of hydrogen-bond acceptors (Lipinski definition) is 3. The maximum Gasteiger partial charge on any atom is 0.327 e. The van der Waals surface area contributed by atoms with Crippen LogP contribution in [0.1, 0.15) is 6.42 Å². The molecular weight excluding hydrogens is 130 g/mol. The lowest BCUT2D eigenvalue weighted by molar-refractivity contribution is -0.143. The summed E-state index contributed by atoms with van der Waals surface area (Å²) < 4.78 is 4.45. The van der Waals surface area contributed by atoms with Crippen LogP contribution in [0.5, 0.6) is 0 Å². The van der Waals surface area contributed by atoms with E-state index in [0.717, 1.165) is 0 Å². The van der Waals surface area contributed by atoms with E-state index >= 15 is 0 Å². The van der Waals surface area contributed by atoms with Crippen LogP contribution in [0, 0.1) is 18.3 Å². The molecule has 0 saturated heterocycles. The van der Waals surface area contributed by atoms with Crippen LogP contribution in [0.15, 0.2) is 0 Å². The summed E-state index contributed by atoms with van der Waals surface area (Å²) in [5, 5.41) is 0. The Bertz CT molecular complexity index is 206. The fraction of sp³-hybridized carbons (Fsp3) is 0.571. The van der Waals surface area contributed by atoms with Crippen LogP contribution < -0.4 is 5.73 Å². The molecule has 1 saturated carbocycles. The maximum atomic E-state index is 10.8. The van der Waals surface area contributed by atoms with Gasteiger partial charge in [0.05, 0.1) is 13.0 Å². The van der Waals surface area contributed by atoms with Crippen molar-refractivity contribution in [3.8, 4) is 12.3 Å². The number of esters is 1. The van der Waals surface area contributed by atoms with Crippen LogP contribution in [0.25, 0.3) is 0 Å². The van der Waals surface area contributed by atoms with Gasteiger partial charge in [-0.2, -0.15) is 0 Å². The van der Waals surface area contributed by atoms with Crippen molar-refractivity contribution in [2.45, 2.75) is 12.0 Å². The largest absolute Gasteiger partial charge is 0.468 e. The molecule has 10 heavy (non-hydrogen) atoms. The first-order chi connectivity index (χ1) is 4.65. The fourth-order valence-electron chi connectivity index (χ4n) is 0.902. The second-order valence-corrected chi connectivity index (χ2v) is 2.46. The van der Waals surface area contributed by atoms with Crippen molar-refractivity contribution >= 4 is 5.97 Å². The van der Waals surface area contributed by atoms with Crippen LogP contribution in [0.4, 0.5) is 0 Å². The smallest absolute Gasteiger partial charge is 0.327 e. The predicted molar refractivity (Wildman–Crippen MR) is 35.9 cm³/mol. The van der Waals surface area contributed by atoms with Crippen LogP contribution in [-0.4, -0.2) is 18.6 Å². The lowest BCUT2D eigenvalue weighted by atomic mass is 10.2. The summed E-state index contributed by atoms with van der Waals surface area (Å²) in [6.07, 6.45) is 5.62. The van der Waals surface area contributed by atoms with E-state index in [1.54, 1.807) is 0 Å². The minimum absolute atomic E-state index is 0.125. The van der Waals surface area contributed by atoms with Crippen molar-refractivity contribution in [1.29, 1.82) is 0 Å². The molecule has 0 aromatic carbocycles. The molecule has 1 fully saturated rings. The summed E-state index contributed by atoms with van der Waals surface area (Å²) in [5.74, 6) is 1.89. The standard InChI is InChI=1S/C7H9NO2/c1-3-5-4-7(5,8)6(9)10-2/h1,5H,4,8H2,2H3/t5-,7-/m1/s1. The molecule has 3 nitrogen and oxygen atoms in total. The van der Waals surface area contributed by atoms with Gasteiger partial charge >= 0.3 is 5.97 Å². The second-order valence-electron chi connectivity index (χ2n) is 2.46. The van der Waals surface area contributed by atoms with Crippen molar-refractivity contribution in [3.63, 3.8) is 0 Å². The molecule has 2 atom stereocenters. The van der Waals surface area contributed by atoms with Gasteiger partial charge in [-0.15, -0.1) is 12.3 Å². The molecule has 54 valence electrons. The number of terminal acetylenes is 1. The van der Waals surface area contributed by atoms with E-state index in [0.29, 0.717) is 6.42 Å². The second kappa shape index (κ2) is 1.99. The minimum atomic E-state index is -0.872. The Morgan fingerprint density at radius 2 is 2.60 bits per heavy atom. The molecule has 0 amide bonds. The number of hydrogen-bond donors (Lipinski definition) is 1. The van der Waals surface area contributed by atoms with E-state index in [-0.39, 0.29) is 5.92 Å². The normalized spacial score (nSPS) is 36.3. The van der Waals surface area contributed by atoms with E-state index in [2.05, 4.69) is 10.7 Å². The van der Waals surface area contributed by atoms with E-state index in [9.17, 15) is 4.79 Å². The first-order valence-electron chi connectivity index (χ1n) is 2.98. The third-order valence-corrected chi connectivity index (χ3v) is 1.77. The zero-order chi connectivity index (χ0) is 7.78. The summed E-state index contributed by atoms with van der Waals surface area (Å²) in [6.45, 7) is 0. The summed E-state index contributed by atoms with van der Waals surface area (Å²) >= 11 is 0. The Kier molecular flexibility index (Phi) is 1.42. The van der Waals surface area contributed by atoms with Crippen molar-refractivity contribution in [2.24, 2.45) is 11.7 Å². The topological polar surface area (TPSA) is 52.3 Å². The van der Waals surface area contributed by atoms with Gasteiger partial charge in [-0.1, -0.05) is 0 Å². The van der Waals surface area contributed by atoms with Crippen molar-refractivity contribution in [3.05, 3.63) is 0 Å². The Hall–Kier alpha value is -1.01. The highest BCUT2D eigenvalue weighted by molar-refractivity contribution is 5.85. The lowest BCUT2D eigenvalue weighted by Crippen LogP contribution is -2.36. The molecule has 0 bridgehead atoms. The molecule has 1 rings (SSSR count).